The molecule has 6 nitrogen and oxygen atoms in total. The Morgan fingerprint density at radius 1 is 1.18 bits per heavy atom. The summed E-state index contributed by atoms with van der Waals surface area (Å²) in [4.78, 5) is 30.1. The Morgan fingerprint density at radius 3 is 2.50 bits per heavy atom. The van der Waals surface area contributed by atoms with E-state index < -0.39 is 4.92 Å². The van der Waals surface area contributed by atoms with Crippen LogP contribution in [-0.4, -0.2) is 14.9 Å². The predicted octanol–water partition coefficient (Wildman–Crippen LogP) is 3.12. The largest absolute Gasteiger partial charge is 0.318 e. The van der Waals surface area contributed by atoms with E-state index in [-0.39, 0.29) is 22.5 Å². The van der Waals surface area contributed by atoms with Gasteiger partial charge in [-0.3, -0.25) is 14.9 Å². The van der Waals surface area contributed by atoms with Gasteiger partial charge in [0.25, 0.3) is 11.2 Å². The van der Waals surface area contributed by atoms with E-state index >= 15 is 0 Å². The van der Waals surface area contributed by atoms with Crippen LogP contribution in [0.5, 0.6) is 0 Å². The van der Waals surface area contributed by atoms with Crippen molar-refractivity contribution in [3.8, 4) is 11.3 Å². The Morgan fingerprint density at radius 2 is 1.86 bits per heavy atom. The Balaban J connectivity index is 2.42. The molecule has 2 aromatic carbocycles. The third-order valence-corrected chi connectivity index (χ3v) is 3.70. The maximum atomic E-state index is 12.2. The van der Waals surface area contributed by atoms with Gasteiger partial charge in [0.2, 0.25) is 0 Å². The van der Waals surface area contributed by atoms with Gasteiger partial charge in [-0.25, -0.2) is 4.98 Å². The van der Waals surface area contributed by atoms with Gasteiger partial charge in [0.15, 0.2) is 5.52 Å². The summed E-state index contributed by atoms with van der Waals surface area (Å²) >= 11 is 0. The highest BCUT2D eigenvalue weighted by Crippen LogP contribution is 2.30. The maximum absolute atomic E-state index is 12.2. The number of nitro groups is 1. The summed E-state index contributed by atoms with van der Waals surface area (Å²) in [6.45, 7) is 3.45. The molecule has 1 heterocycles. The fraction of sp³-hybridized carbons (Fsp3) is 0.125. The second-order valence-corrected chi connectivity index (χ2v) is 5.10. The Hall–Kier alpha value is -3.02. The average molecular weight is 295 g/mol. The topological polar surface area (TPSA) is 88.9 Å². The standard InChI is InChI=1S/C16H13N3O3/c1-9-8-12-14(15(10(9)2)19(21)22)18-13(16(20)17-12)11-6-4-3-5-7-11/h3-8H,1-2H3,(H,17,20). The number of benzene rings is 2. The molecule has 110 valence electrons. The Bertz CT molecular complexity index is 946. The SMILES string of the molecule is Cc1cc2[nH]c(=O)c(-c3ccccc3)nc2c([N+](=O)[O-])c1C. The molecular weight excluding hydrogens is 282 g/mol. The fourth-order valence-corrected chi connectivity index (χ4v) is 2.45. The number of hydrogen-bond acceptors (Lipinski definition) is 4. The van der Waals surface area contributed by atoms with Crippen LogP contribution < -0.4 is 5.56 Å². The molecule has 0 unspecified atom stereocenters. The minimum Gasteiger partial charge on any atom is -0.318 e. The lowest BCUT2D eigenvalue weighted by Gasteiger charge is -2.07. The first-order valence-electron chi connectivity index (χ1n) is 6.73. The summed E-state index contributed by atoms with van der Waals surface area (Å²) in [5.41, 5.74) is 2.24. The van der Waals surface area contributed by atoms with Crippen LogP contribution in [0.2, 0.25) is 0 Å². The normalized spacial score (nSPS) is 10.8. The molecule has 0 saturated carbocycles. The summed E-state index contributed by atoms with van der Waals surface area (Å²) in [6.07, 6.45) is 0. The van der Waals surface area contributed by atoms with Crippen LogP contribution in [0, 0.1) is 24.0 Å². The highest BCUT2D eigenvalue weighted by atomic mass is 16.6. The molecule has 0 amide bonds. The molecule has 0 atom stereocenters. The van der Waals surface area contributed by atoms with Crippen molar-refractivity contribution < 1.29 is 4.92 Å². The third-order valence-electron chi connectivity index (χ3n) is 3.70. The fourth-order valence-electron chi connectivity index (χ4n) is 2.45. The molecule has 0 fully saturated rings. The van der Waals surface area contributed by atoms with Gasteiger partial charge < -0.3 is 4.98 Å². The molecule has 0 bridgehead atoms. The number of aryl methyl sites for hydroxylation is 1. The van der Waals surface area contributed by atoms with E-state index in [2.05, 4.69) is 9.97 Å². The molecule has 0 aliphatic carbocycles. The van der Waals surface area contributed by atoms with Gasteiger partial charge in [-0.2, -0.15) is 0 Å². The monoisotopic (exact) mass is 295 g/mol. The number of nitrogens with zero attached hydrogens (tertiary/aromatic N) is 2. The molecule has 1 N–H and O–H groups in total. The van der Waals surface area contributed by atoms with Gasteiger partial charge in [0.1, 0.15) is 5.69 Å². The molecule has 0 spiro atoms. The number of nitrogens with one attached hydrogen (secondary N) is 1. The summed E-state index contributed by atoms with van der Waals surface area (Å²) < 4.78 is 0. The van der Waals surface area contributed by atoms with Gasteiger partial charge in [-0.1, -0.05) is 30.3 Å². The van der Waals surface area contributed by atoms with E-state index in [1.165, 1.54) is 0 Å². The van der Waals surface area contributed by atoms with Crippen LogP contribution in [0.15, 0.2) is 41.2 Å². The maximum Gasteiger partial charge on any atom is 0.300 e. The lowest BCUT2D eigenvalue weighted by molar-refractivity contribution is -0.383. The number of aromatic amines is 1. The average Bonchev–Trinajstić information content (AvgIpc) is 2.49. The zero-order valence-corrected chi connectivity index (χ0v) is 12.1. The van der Waals surface area contributed by atoms with Crippen LogP contribution >= 0.6 is 0 Å². The van der Waals surface area contributed by atoms with Crippen molar-refractivity contribution in [2.45, 2.75) is 13.8 Å². The minimum absolute atomic E-state index is 0.0663. The molecule has 1 aromatic heterocycles. The van der Waals surface area contributed by atoms with Crippen molar-refractivity contribution >= 4 is 16.7 Å². The molecule has 0 saturated heterocycles. The predicted molar refractivity (Wildman–Crippen MR) is 83.9 cm³/mol. The number of aromatic nitrogens is 2. The number of rotatable bonds is 2. The second kappa shape index (κ2) is 5.07. The van der Waals surface area contributed by atoms with Gasteiger partial charge in [0, 0.05) is 11.1 Å². The highest BCUT2D eigenvalue weighted by molar-refractivity contribution is 5.88. The van der Waals surface area contributed by atoms with Crippen molar-refractivity contribution in [3.63, 3.8) is 0 Å². The van der Waals surface area contributed by atoms with Gasteiger partial charge in [0.05, 0.1) is 10.4 Å². The number of fused-ring (bicyclic) bond motifs is 1. The smallest absolute Gasteiger partial charge is 0.300 e. The third kappa shape index (κ3) is 2.14. The van der Waals surface area contributed by atoms with E-state index in [0.717, 1.165) is 5.56 Å². The lowest BCUT2D eigenvalue weighted by atomic mass is 10.1. The van der Waals surface area contributed by atoms with Crippen LogP contribution in [0.4, 0.5) is 5.69 Å². The molecule has 0 aliphatic rings. The van der Waals surface area contributed by atoms with E-state index in [4.69, 9.17) is 0 Å². The molecule has 6 heteroatoms. The molecular formula is C16H13N3O3. The van der Waals surface area contributed by atoms with Crippen LogP contribution in [0.25, 0.3) is 22.3 Å². The molecule has 22 heavy (non-hydrogen) atoms. The van der Waals surface area contributed by atoms with Crippen LogP contribution in [-0.2, 0) is 0 Å². The highest BCUT2D eigenvalue weighted by Gasteiger charge is 2.21. The zero-order valence-electron chi connectivity index (χ0n) is 12.1. The van der Waals surface area contributed by atoms with E-state index in [9.17, 15) is 14.9 Å². The van der Waals surface area contributed by atoms with Crippen molar-refractivity contribution in [2.24, 2.45) is 0 Å². The zero-order chi connectivity index (χ0) is 15.9. The summed E-state index contributed by atoms with van der Waals surface area (Å²) in [7, 11) is 0. The lowest BCUT2D eigenvalue weighted by Crippen LogP contribution is -2.12. The quantitative estimate of drug-likeness (QED) is 0.581. The molecule has 0 aliphatic heterocycles. The molecule has 3 rings (SSSR count). The Kier molecular flexibility index (Phi) is 3.21. The summed E-state index contributed by atoms with van der Waals surface area (Å²) in [6, 6.07) is 10.6. The first kappa shape index (κ1) is 13.9. The summed E-state index contributed by atoms with van der Waals surface area (Å²) in [5.74, 6) is 0. The van der Waals surface area contributed by atoms with Gasteiger partial charge in [-0.05, 0) is 25.5 Å². The van der Waals surface area contributed by atoms with Crippen molar-refractivity contribution in [1.82, 2.24) is 9.97 Å². The number of hydrogen-bond donors (Lipinski definition) is 1. The van der Waals surface area contributed by atoms with Crippen molar-refractivity contribution in [1.29, 1.82) is 0 Å². The van der Waals surface area contributed by atoms with Crippen LogP contribution in [0.1, 0.15) is 11.1 Å². The summed E-state index contributed by atoms with van der Waals surface area (Å²) in [5, 5.41) is 11.4. The molecule has 3 aromatic rings. The number of nitro benzene ring substituents is 1. The van der Waals surface area contributed by atoms with E-state index in [1.54, 1.807) is 44.2 Å². The first-order chi connectivity index (χ1) is 10.5. The first-order valence-corrected chi connectivity index (χ1v) is 6.73. The molecule has 0 radical (unpaired) electrons. The van der Waals surface area contributed by atoms with Crippen molar-refractivity contribution in [3.05, 3.63) is 68.0 Å². The number of H-pyrrole nitrogens is 1. The van der Waals surface area contributed by atoms with Gasteiger partial charge >= 0.3 is 0 Å². The second-order valence-electron chi connectivity index (χ2n) is 5.10. The van der Waals surface area contributed by atoms with Gasteiger partial charge in [-0.15, -0.1) is 0 Å². The van der Waals surface area contributed by atoms with E-state index in [1.807, 2.05) is 6.07 Å². The van der Waals surface area contributed by atoms with Crippen LogP contribution in [0.3, 0.4) is 0 Å². The van der Waals surface area contributed by atoms with Crippen molar-refractivity contribution in [2.75, 3.05) is 0 Å². The minimum atomic E-state index is -0.454. The van der Waals surface area contributed by atoms with E-state index in [0.29, 0.717) is 16.6 Å². The Labute approximate surface area is 125 Å².